The monoisotopic (exact) mass is 264 g/mol. The van der Waals surface area contributed by atoms with Gasteiger partial charge in [-0.3, -0.25) is 4.79 Å². The predicted molar refractivity (Wildman–Crippen MR) is 54.4 cm³/mol. The minimum atomic E-state index is -4.62. The van der Waals surface area contributed by atoms with Crippen LogP contribution in [0.5, 0.6) is 0 Å². The first-order valence-corrected chi connectivity index (χ1v) is 5.09. The van der Waals surface area contributed by atoms with Gasteiger partial charge in [-0.05, 0) is 6.42 Å². The highest BCUT2D eigenvalue weighted by Crippen LogP contribution is 2.23. The molecule has 100 valence electrons. The second-order valence-corrected chi connectivity index (χ2v) is 3.53. The Kier molecular flexibility index (Phi) is 4.52. The van der Waals surface area contributed by atoms with Crippen LogP contribution in [-0.4, -0.2) is 31.1 Å². The SMILES string of the molecule is C=CCCC1=C(C(=O)OCC(F)(F)F)C(=O)CO1. The van der Waals surface area contributed by atoms with Crippen LogP contribution in [0.4, 0.5) is 13.2 Å². The molecule has 0 saturated carbocycles. The summed E-state index contributed by atoms with van der Waals surface area (Å²) in [5.41, 5.74) is -0.430. The Hall–Kier alpha value is -1.79. The molecule has 7 heteroatoms. The van der Waals surface area contributed by atoms with Crippen LogP contribution in [0.15, 0.2) is 24.0 Å². The molecule has 1 heterocycles. The maximum atomic E-state index is 11.9. The van der Waals surface area contributed by atoms with Crippen molar-refractivity contribution in [2.45, 2.75) is 19.0 Å². The fraction of sp³-hybridized carbons (Fsp3) is 0.455. The van der Waals surface area contributed by atoms with Crippen molar-refractivity contribution in [1.82, 2.24) is 0 Å². The van der Waals surface area contributed by atoms with E-state index in [1.807, 2.05) is 0 Å². The lowest BCUT2D eigenvalue weighted by atomic mass is 10.1. The fourth-order valence-electron chi connectivity index (χ4n) is 1.33. The first-order chi connectivity index (χ1) is 8.35. The molecule has 0 aromatic heterocycles. The average Bonchev–Trinajstić information content (AvgIpc) is 2.64. The number of esters is 1. The third kappa shape index (κ3) is 3.90. The molecule has 4 nitrogen and oxygen atoms in total. The van der Waals surface area contributed by atoms with Crippen molar-refractivity contribution < 1.29 is 32.2 Å². The number of carbonyl (C=O) groups is 2. The van der Waals surface area contributed by atoms with Crippen LogP contribution in [0.1, 0.15) is 12.8 Å². The van der Waals surface area contributed by atoms with Crippen molar-refractivity contribution >= 4 is 11.8 Å². The van der Waals surface area contributed by atoms with Crippen LogP contribution in [-0.2, 0) is 19.1 Å². The van der Waals surface area contributed by atoms with Crippen LogP contribution in [0.3, 0.4) is 0 Å². The van der Waals surface area contributed by atoms with Crippen molar-refractivity contribution in [3.05, 3.63) is 24.0 Å². The lowest BCUT2D eigenvalue weighted by Crippen LogP contribution is -2.23. The van der Waals surface area contributed by atoms with E-state index in [1.54, 1.807) is 0 Å². The summed E-state index contributed by atoms with van der Waals surface area (Å²) in [7, 11) is 0. The Morgan fingerprint density at radius 3 is 2.72 bits per heavy atom. The Morgan fingerprint density at radius 2 is 2.17 bits per heavy atom. The maximum absolute atomic E-state index is 11.9. The quantitative estimate of drug-likeness (QED) is 0.432. The lowest BCUT2D eigenvalue weighted by molar-refractivity contribution is -0.183. The van der Waals surface area contributed by atoms with Crippen molar-refractivity contribution in [1.29, 1.82) is 0 Å². The number of carbonyl (C=O) groups excluding carboxylic acids is 2. The minimum Gasteiger partial charge on any atom is -0.489 e. The predicted octanol–water partition coefficient (Wildman–Crippen LogP) is 1.91. The van der Waals surface area contributed by atoms with Crippen molar-refractivity contribution in [3.8, 4) is 0 Å². The molecule has 0 amide bonds. The Morgan fingerprint density at radius 1 is 1.50 bits per heavy atom. The van der Waals surface area contributed by atoms with Gasteiger partial charge >= 0.3 is 12.1 Å². The van der Waals surface area contributed by atoms with Gasteiger partial charge in [0.25, 0.3) is 0 Å². The van der Waals surface area contributed by atoms with Gasteiger partial charge in [-0.25, -0.2) is 4.79 Å². The molecule has 0 aliphatic carbocycles. The molecule has 0 spiro atoms. The summed E-state index contributed by atoms with van der Waals surface area (Å²) >= 11 is 0. The molecular weight excluding hydrogens is 253 g/mol. The number of allylic oxidation sites excluding steroid dienone is 2. The highest BCUT2D eigenvalue weighted by Gasteiger charge is 2.35. The molecular formula is C11H11F3O4. The molecule has 0 N–H and O–H groups in total. The Balaban J connectivity index is 2.73. The summed E-state index contributed by atoms with van der Waals surface area (Å²) in [4.78, 5) is 22.7. The number of ether oxygens (including phenoxy) is 2. The van der Waals surface area contributed by atoms with Crippen LogP contribution in [0, 0.1) is 0 Å². The van der Waals surface area contributed by atoms with Gasteiger partial charge in [0.15, 0.2) is 13.2 Å². The largest absolute Gasteiger partial charge is 0.489 e. The van der Waals surface area contributed by atoms with Gasteiger partial charge in [-0.2, -0.15) is 13.2 Å². The summed E-state index contributed by atoms with van der Waals surface area (Å²) in [6, 6.07) is 0. The van der Waals surface area contributed by atoms with Crippen LogP contribution >= 0.6 is 0 Å². The molecule has 0 unspecified atom stereocenters. The second kappa shape index (κ2) is 5.70. The van der Waals surface area contributed by atoms with Gasteiger partial charge < -0.3 is 9.47 Å². The van der Waals surface area contributed by atoms with E-state index in [0.29, 0.717) is 6.42 Å². The van der Waals surface area contributed by atoms with E-state index >= 15 is 0 Å². The van der Waals surface area contributed by atoms with Gasteiger partial charge in [0.05, 0.1) is 0 Å². The summed E-state index contributed by atoms with van der Waals surface area (Å²) in [6.07, 6.45) is -2.41. The highest BCUT2D eigenvalue weighted by molar-refractivity contribution is 6.19. The average molecular weight is 264 g/mol. The van der Waals surface area contributed by atoms with Gasteiger partial charge in [0, 0.05) is 6.42 Å². The number of rotatable bonds is 5. The number of Topliss-reactive ketones (excluding diaryl/α,β-unsaturated/α-hetero) is 1. The second-order valence-electron chi connectivity index (χ2n) is 3.53. The number of ketones is 1. The summed E-state index contributed by atoms with van der Waals surface area (Å²) < 4.78 is 44.6. The molecule has 1 rings (SSSR count). The normalized spacial score (nSPS) is 15.6. The molecule has 1 aliphatic heterocycles. The van der Waals surface area contributed by atoms with E-state index in [4.69, 9.17) is 4.74 Å². The minimum absolute atomic E-state index is 0.0621. The zero-order valence-electron chi connectivity index (χ0n) is 9.38. The molecule has 0 aromatic rings. The first-order valence-electron chi connectivity index (χ1n) is 5.09. The Labute approximate surface area is 101 Å². The van der Waals surface area contributed by atoms with Gasteiger partial charge in [0.2, 0.25) is 5.78 Å². The molecule has 0 aromatic carbocycles. The van der Waals surface area contributed by atoms with Crippen molar-refractivity contribution in [2.24, 2.45) is 0 Å². The molecule has 0 atom stereocenters. The molecule has 0 fully saturated rings. The third-order valence-electron chi connectivity index (χ3n) is 2.08. The van der Waals surface area contributed by atoms with Gasteiger partial charge in [0.1, 0.15) is 11.3 Å². The summed E-state index contributed by atoms with van der Waals surface area (Å²) in [5.74, 6) is -1.90. The summed E-state index contributed by atoms with van der Waals surface area (Å²) in [5, 5.41) is 0. The lowest BCUT2D eigenvalue weighted by Gasteiger charge is -2.08. The fourth-order valence-corrected chi connectivity index (χ4v) is 1.33. The zero-order chi connectivity index (χ0) is 13.8. The summed E-state index contributed by atoms with van der Waals surface area (Å²) in [6.45, 7) is 1.38. The van der Waals surface area contributed by atoms with Crippen LogP contribution in [0.2, 0.25) is 0 Å². The van der Waals surface area contributed by atoms with Gasteiger partial charge in [-0.15, -0.1) is 6.58 Å². The molecule has 1 aliphatic rings. The number of halogens is 3. The van der Waals surface area contributed by atoms with Crippen molar-refractivity contribution in [3.63, 3.8) is 0 Å². The highest BCUT2D eigenvalue weighted by atomic mass is 19.4. The molecule has 0 radical (unpaired) electrons. The van der Waals surface area contributed by atoms with E-state index < -0.39 is 30.1 Å². The molecule has 0 bridgehead atoms. The zero-order valence-corrected chi connectivity index (χ0v) is 9.38. The maximum Gasteiger partial charge on any atom is 0.422 e. The third-order valence-corrected chi connectivity index (χ3v) is 2.08. The van der Waals surface area contributed by atoms with Crippen LogP contribution < -0.4 is 0 Å². The van der Waals surface area contributed by atoms with E-state index in [9.17, 15) is 22.8 Å². The van der Waals surface area contributed by atoms with E-state index in [0.717, 1.165) is 0 Å². The standard InChI is InChI=1S/C11H11F3O4/c1-2-3-4-8-9(7(15)5-17-8)10(16)18-6-11(12,13)14/h2H,1,3-6H2. The van der Waals surface area contributed by atoms with E-state index in [2.05, 4.69) is 11.3 Å². The Bertz CT molecular complexity index is 396. The first kappa shape index (κ1) is 14.3. The van der Waals surface area contributed by atoms with Crippen molar-refractivity contribution in [2.75, 3.05) is 13.2 Å². The number of hydrogen-bond donors (Lipinski definition) is 0. The number of alkyl halides is 3. The number of hydrogen-bond acceptors (Lipinski definition) is 4. The van der Waals surface area contributed by atoms with E-state index in [-0.39, 0.29) is 18.8 Å². The van der Waals surface area contributed by atoms with E-state index in [1.165, 1.54) is 6.08 Å². The topological polar surface area (TPSA) is 52.6 Å². The smallest absolute Gasteiger partial charge is 0.422 e. The van der Waals surface area contributed by atoms with Crippen LogP contribution in [0.25, 0.3) is 0 Å². The molecule has 18 heavy (non-hydrogen) atoms. The van der Waals surface area contributed by atoms with Gasteiger partial charge in [-0.1, -0.05) is 6.08 Å². The molecule has 0 saturated heterocycles.